The molecule has 0 aliphatic heterocycles. The monoisotopic (exact) mass is 433 g/mol. The maximum atomic E-state index is 11.1. The Labute approximate surface area is 231 Å². The van der Waals surface area contributed by atoms with Crippen molar-refractivity contribution < 1.29 is 39.3 Å². The van der Waals surface area contributed by atoms with E-state index in [9.17, 15) is 14.2 Å². The second-order valence-corrected chi connectivity index (χ2v) is 8.63. The van der Waals surface area contributed by atoms with Crippen molar-refractivity contribution in [3.8, 4) is 0 Å². The van der Waals surface area contributed by atoms with Crippen LogP contribution in [0, 0.1) is 0 Å². The van der Waals surface area contributed by atoms with E-state index in [-0.39, 0.29) is 130 Å². The molecule has 9 nitrogen and oxygen atoms in total. The zero-order valence-electron chi connectivity index (χ0n) is 11.6. The molecule has 0 rings (SSSR count). The second-order valence-electron chi connectivity index (χ2n) is 4.62. The number of nitrogens with zero attached hydrogens (tertiary/aromatic N) is 1. The molecule has 0 aromatic rings. The van der Waals surface area contributed by atoms with Gasteiger partial charge in [-0.25, -0.2) is 0 Å². The Balaban J connectivity index is -0.000000162. The Bertz CT molecular complexity index is 359. The zero-order chi connectivity index (χ0) is 15.3. The van der Waals surface area contributed by atoms with Gasteiger partial charge >= 0.3 is 133 Å². The van der Waals surface area contributed by atoms with Crippen molar-refractivity contribution in [3.05, 3.63) is 0 Å². The van der Waals surface area contributed by atoms with Crippen LogP contribution in [0.2, 0.25) is 0 Å². The van der Waals surface area contributed by atoms with Gasteiger partial charge in [0.2, 0.25) is 0 Å². The molecule has 0 amide bonds. The van der Waals surface area contributed by atoms with Crippen molar-refractivity contribution in [1.82, 2.24) is 4.90 Å². The third kappa shape index (κ3) is 15.1. The first-order chi connectivity index (χ1) is 8.45. The maximum absolute atomic E-state index is 11.1. The molecule has 0 unspecified atom stereocenters. The van der Waals surface area contributed by atoms with Crippen LogP contribution in [0.3, 0.4) is 0 Å². The fourth-order valence-corrected chi connectivity index (χ4v) is 3.69. The van der Waals surface area contributed by atoms with Crippen molar-refractivity contribution in [3.63, 3.8) is 0 Å². The number of unbranched alkanes of at least 4 members (excludes halogenated alkanes) is 2. The van der Waals surface area contributed by atoms with E-state index in [1.807, 2.05) is 6.92 Å². The Kier molecular flexibility index (Phi) is 33.8. The van der Waals surface area contributed by atoms with E-state index in [2.05, 4.69) is 0 Å². The Morgan fingerprint density at radius 3 is 1.54 bits per heavy atom. The summed E-state index contributed by atoms with van der Waals surface area (Å²) in [5.41, 5.74) is 0. The minimum atomic E-state index is -5.33. The van der Waals surface area contributed by atoms with Crippen LogP contribution >= 0.6 is 15.2 Å². The molecule has 0 spiro atoms. The van der Waals surface area contributed by atoms with E-state index in [1.165, 1.54) is 0 Å². The SMILES string of the molecule is CCCCCN(C)CCC(O)(P(=O)(O)O)P(=O)(O)O.O.[NaH].[NaH].[NaH].[NaH]. The quantitative estimate of drug-likeness (QED) is 0.146. The van der Waals surface area contributed by atoms with Crippen LogP contribution in [0.25, 0.3) is 0 Å². The molecule has 0 aromatic carbocycles. The first-order valence-corrected chi connectivity index (χ1v) is 9.20. The first-order valence-electron chi connectivity index (χ1n) is 5.98. The van der Waals surface area contributed by atoms with Crippen molar-refractivity contribution in [2.45, 2.75) is 37.7 Å². The van der Waals surface area contributed by atoms with Crippen LogP contribution in [0.4, 0.5) is 0 Å². The number of rotatable bonds is 9. The van der Waals surface area contributed by atoms with Gasteiger partial charge in [-0.1, -0.05) is 19.8 Å². The van der Waals surface area contributed by atoms with Crippen LogP contribution in [0.5, 0.6) is 0 Å². The normalized spacial score (nSPS) is 11.2. The molecule has 0 aromatic heterocycles. The minimum absolute atomic E-state index is 0. The molecule has 0 heterocycles. The van der Waals surface area contributed by atoms with Crippen molar-refractivity contribution >= 4 is 133 Å². The summed E-state index contributed by atoms with van der Waals surface area (Å²) in [6, 6.07) is 0. The summed E-state index contributed by atoms with van der Waals surface area (Å²) >= 11 is 0. The topological polar surface area (TPSA) is 170 Å². The zero-order valence-corrected chi connectivity index (χ0v) is 13.4. The molecule has 24 heavy (non-hydrogen) atoms. The average Bonchev–Trinajstić information content (AvgIpc) is 2.23. The van der Waals surface area contributed by atoms with E-state index >= 15 is 0 Å². The Morgan fingerprint density at radius 2 is 1.25 bits per heavy atom. The summed E-state index contributed by atoms with van der Waals surface area (Å²) in [7, 11) is -9.00. The third-order valence-electron chi connectivity index (χ3n) is 2.91. The molecule has 0 atom stereocenters. The fourth-order valence-electron chi connectivity index (χ4n) is 1.55. The molecular formula is C9H29NNa4O8P2. The fraction of sp³-hybridized carbons (Fsp3) is 1.00. The van der Waals surface area contributed by atoms with Gasteiger partial charge in [0.05, 0.1) is 0 Å². The second kappa shape index (κ2) is 19.2. The van der Waals surface area contributed by atoms with Gasteiger partial charge in [0.1, 0.15) is 0 Å². The molecule has 0 radical (unpaired) electrons. The van der Waals surface area contributed by atoms with Gasteiger partial charge in [-0.2, -0.15) is 0 Å². The van der Waals surface area contributed by atoms with Crippen LogP contribution < -0.4 is 0 Å². The summed E-state index contributed by atoms with van der Waals surface area (Å²) < 4.78 is 22.2. The van der Waals surface area contributed by atoms with E-state index in [1.54, 1.807) is 11.9 Å². The van der Waals surface area contributed by atoms with E-state index < -0.39 is 26.7 Å². The van der Waals surface area contributed by atoms with Gasteiger partial charge in [0.15, 0.2) is 0 Å². The average molecular weight is 433 g/mol. The Hall–Kier alpha value is 4.18. The molecular weight excluding hydrogens is 404 g/mol. The van der Waals surface area contributed by atoms with Crippen molar-refractivity contribution in [1.29, 1.82) is 0 Å². The molecule has 15 heteroatoms. The van der Waals surface area contributed by atoms with Gasteiger partial charge in [-0.05, 0) is 20.0 Å². The first kappa shape index (κ1) is 42.3. The van der Waals surface area contributed by atoms with Gasteiger partial charge in [0.25, 0.3) is 5.08 Å². The van der Waals surface area contributed by atoms with Crippen LogP contribution in [-0.2, 0) is 9.13 Å². The number of hydrogen-bond donors (Lipinski definition) is 5. The summed E-state index contributed by atoms with van der Waals surface area (Å²) in [5.74, 6) is 0. The predicted molar refractivity (Wildman–Crippen MR) is 103 cm³/mol. The molecule has 0 saturated carbocycles. The molecule has 7 N–H and O–H groups in total. The summed E-state index contributed by atoms with van der Waals surface area (Å²) in [6.07, 6.45) is 2.19. The predicted octanol–water partition coefficient (Wildman–Crippen LogP) is -2.92. The van der Waals surface area contributed by atoms with E-state index in [0.29, 0.717) is 6.54 Å². The van der Waals surface area contributed by atoms with Gasteiger partial charge < -0.3 is 35.1 Å². The van der Waals surface area contributed by atoms with Crippen LogP contribution in [0.1, 0.15) is 32.6 Å². The molecule has 132 valence electrons. The van der Waals surface area contributed by atoms with Gasteiger partial charge in [-0.3, -0.25) is 9.13 Å². The van der Waals surface area contributed by atoms with Crippen LogP contribution in [0.15, 0.2) is 0 Å². The standard InChI is InChI=1S/C9H23NO7P2.4Na.H2O.4H/c1-3-4-5-7-10(2)8-6-9(11,18(12,13)14)19(15,16)17;;;;;;;;;/h11H,3-8H2,1-2H3,(H2,12,13,14)(H2,15,16,17);;;;;1H2;;;;. The Morgan fingerprint density at radius 1 is 0.875 bits per heavy atom. The van der Waals surface area contributed by atoms with Gasteiger partial charge in [-0.15, -0.1) is 0 Å². The van der Waals surface area contributed by atoms with Crippen molar-refractivity contribution in [2.24, 2.45) is 0 Å². The molecule has 0 aliphatic carbocycles. The molecule has 0 bridgehead atoms. The third-order valence-corrected chi connectivity index (χ3v) is 6.78. The molecule has 0 saturated heterocycles. The number of hydrogen-bond acceptors (Lipinski definition) is 4. The van der Waals surface area contributed by atoms with Crippen molar-refractivity contribution in [2.75, 3.05) is 20.1 Å². The van der Waals surface area contributed by atoms with E-state index in [4.69, 9.17) is 19.6 Å². The summed E-state index contributed by atoms with van der Waals surface area (Å²) in [5, 5.41) is 6.35. The van der Waals surface area contributed by atoms with Gasteiger partial charge in [0, 0.05) is 13.0 Å². The summed E-state index contributed by atoms with van der Waals surface area (Å²) in [6.45, 7) is 2.64. The summed E-state index contributed by atoms with van der Waals surface area (Å²) in [4.78, 5) is 37.5. The van der Waals surface area contributed by atoms with E-state index in [0.717, 1.165) is 19.3 Å². The van der Waals surface area contributed by atoms with Crippen LogP contribution in [-0.4, -0.2) is 179 Å². The molecule has 0 aliphatic rings. The number of aliphatic hydroxyl groups is 1. The molecule has 0 fully saturated rings.